The molecule has 1 N–H and O–H groups in total. The van der Waals surface area contributed by atoms with Crippen LogP contribution in [0.5, 0.6) is 5.75 Å². The molecule has 6 nitrogen and oxygen atoms in total. The van der Waals surface area contributed by atoms with E-state index in [1.54, 1.807) is 18.4 Å². The third-order valence-corrected chi connectivity index (χ3v) is 5.21. The zero-order chi connectivity index (χ0) is 15.6. The molecule has 1 aromatic carbocycles. The normalized spacial score (nSPS) is 18.4. The fourth-order valence-electron chi connectivity index (χ4n) is 2.91. The molecule has 0 amide bonds. The van der Waals surface area contributed by atoms with Crippen LogP contribution in [0.15, 0.2) is 24.3 Å². The van der Waals surface area contributed by atoms with E-state index in [0.29, 0.717) is 12.5 Å². The van der Waals surface area contributed by atoms with E-state index in [0.717, 1.165) is 34.5 Å². The largest absolute Gasteiger partial charge is 0.497 e. The van der Waals surface area contributed by atoms with Crippen molar-refractivity contribution in [2.75, 3.05) is 13.7 Å². The second-order valence-electron chi connectivity index (χ2n) is 5.78. The highest BCUT2D eigenvalue weighted by Crippen LogP contribution is 2.27. The molecule has 0 spiro atoms. The van der Waals surface area contributed by atoms with Gasteiger partial charge in [-0.15, -0.1) is 10.2 Å². The van der Waals surface area contributed by atoms with Crippen LogP contribution in [0, 0.1) is 0 Å². The van der Waals surface area contributed by atoms with E-state index in [4.69, 9.17) is 9.84 Å². The van der Waals surface area contributed by atoms with E-state index in [2.05, 4.69) is 27.6 Å². The molecule has 1 fully saturated rings. The number of ether oxygens (including phenoxy) is 1. The number of hydrogen-bond donors (Lipinski definition) is 1. The molecule has 4 rings (SSSR count). The predicted octanol–water partition coefficient (Wildman–Crippen LogP) is 2.60. The topological polar surface area (TPSA) is 64.3 Å². The summed E-state index contributed by atoms with van der Waals surface area (Å²) in [4.78, 5) is 0.871. The van der Waals surface area contributed by atoms with Crippen LogP contribution in [0.25, 0.3) is 4.96 Å². The zero-order valence-electron chi connectivity index (χ0n) is 13.0. The summed E-state index contributed by atoms with van der Waals surface area (Å²) in [5.41, 5.74) is 1.17. The lowest BCUT2D eigenvalue weighted by Crippen LogP contribution is -2.26. The van der Waals surface area contributed by atoms with Crippen molar-refractivity contribution in [1.82, 2.24) is 25.1 Å². The van der Waals surface area contributed by atoms with Crippen LogP contribution in [0.3, 0.4) is 0 Å². The maximum atomic E-state index is 5.19. The second kappa shape index (κ2) is 6.25. The van der Waals surface area contributed by atoms with Crippen molar-refractivity contribution in [1.29, 1.82) is 0 Å². The molecule has 120 valence electrons. The molecule has 0 aliphatic carbocycles. The van der Waals surface area contributed by atoms with E-state index in [-0.39, 0.29) is 0 Å². The van der Waals surface area contributed by atoms with Crippen LogP contribution in [0.2, 0.25) is 0 Å². The van der Waals surface area contributed by atoms with Crippen LogP contribution < -0.4 is 10.1 Å². The summed E-state index contributed by atoms with van der Waals surface area (Å²) in [6.07, 6.45) is 4.38. The molecule has 3 aromatic rings. The number of aromatic nitrogens is 4. The Balaban J connectivity index is 1.58. The molecular formula is C16H19N5OS. The molecule has 1 aliphatic heterocycles. The van der Waals surface area contributed by atoms with Crippen LogP contribution in [-0.4, -0.2) is 33.5 Å². The van der Waals surface area contributed by atoms with E-state index >= 15 is 0 Å². The molecule has 0 radical (unpaired) electrons. The van der Waals surface area contributed by atoms with Gasteiger partial charge < -0.3 is 10.1 Å². The molecule has 2 aromatic heterocycles. The lowest BCUT2D eigenvalue weighted by molar-refractivity contribution is 0.408. The van der Waals surface area contributed by atoms with Crippen molar-refractivity contribution in [2.24, 2.45) is 0 Å². The number of nitrogens with zero attached hydrogens (tertiary/aromatic N) is 4. The van der Waals surface area contributed by atoms with Gasteiger partial charge in [-0.05, 0) is 37.1 Å². The van der Waals surface area contributed by atoms with Crippen molar-refractivity contribution in [3.05, 3.63) is 40.7 Å². The Morgan fingerprint density at radius 3 is 2.87 bits per heavy atom. The van der Waals surface area contributed by atoms with Crippen molar-refractivity contribution < 1.29 is 4.74 Å². The Bertz CT molecular complexity index is 789. The maximum Gasteiger partial charge on any atom is 0.234 e. The SMILES string of the molecule is COc1ccc(Cc2nnc3sc(C4CCCCN4)nn23)cc1. The predicted molar refractivity (Wildman–Crippen MR) is 89.1 cm³/mol. The smallest absolute Gasteiger partial charge is 0.234 e. The van der Waals surface area contributed by atoms with Gasteiger partial charge in [-0.2, -0.15) is 9.61 Å². The molecule has 1 atom stereocenters. The number of hydrogen-bond acceptors (Lipinski definition) is 6. The van der Waals surface area contributed by atoms with E-state index in [1.165, 1.54) is 18.4 Å². The standard InChI is InChI=1S/C16H19N5OS/c1-22-12-7-5-11(6-8-12)10-14-18-19-16-21(14)20-15(23-16)13-4-2-3-9-17-13/h5-8,13,17H,2-4,9-10H2,1H3. The van der Waals surface area contributed by atoms with Crippen LogP contribution in [0.4, 0.5) is 0 Å². The average molecular weight is 329 g/mol. The molecular weight excluding hydrogens is 310 g/mol. The summed E-state index contributed by atoms with van der Waals surface area (Å²) in [5.74, 6) is 1.74. The lowest BCUT2D eigenvalue weighted by Gasteiger charge is -2.20. The Labute approximate surface area is 138 Å². The minimum atomic E-state index is 0.365. The van der Waals surface area contributed by atoms with E-state index < -0.39 is 0 Å². The highest BCUT2D eigenvalue weighted by Gasteiger charge is 2.21. The van der Waals surface area contributed by atoms with Crippen LogP contribution >= 0.6 is 11.3 Å². The molecule has 1 unspecified atom stereocenters. The van der Waals surface area contributed by atoms with Gasteiger partial charge in [0.2, 0.25) is 4.96 Å². The van der Waals surface area contributed by atoms with Crippen molar-refractivity contribution in [3.8, 4) is 5.75 Å². The molecule has 23 heavy (non-hydrogen) atoms. The molecule has 7 heteroatoms. The molecule has 3 heterocycles. The summed E-state index contributed by atoms with van der Waals surface area (Å²) in [6, 6.07) is 8.40. The van der Waals surface area contributed by atoms with Crippen molar-refractivity contribution in [3.63, 3.8) is 0 Å². The minimum absolute atomic E-state index is 0.365. The molecule has 1 aliphatic rings. The van der Waals surface area contributed by atoms with Gasteiger partial charge in [0.05, 0.1) is 13.2 Å². The van der Waals surface area contributed by atoms with E-state index in [1.807, 2.05) is 16.6 Å². The molecule has 1 saturated heterocycles. The lowest BCUT2D eigenvalue weighted by atomic mass is 10.1. The summed E-state index contributed by atoms with van der Waals surface area (Å²) in [6.45, 7) is 1.07. The summed E-state index contributed by atoms with van der Waals surface area (Å²) in [5, 5.41) is 18.0. The first-order valence-corrected chi connectivity index (χ1v) is 8.72. The van der Waals surface area contributed by atoms with Gasteiger partial charge in [0.25, 0.3) is 0 Å². The van der Waals surface area contributed by atoms with Gasteiger partial charge in [0.15, 0.2) is 5.82 Å². The number of methoxy groups -OCH3 is 1. The minimum Gasteiger partial charge on any atom is -0.497 e. The highest BCUT2D eigenvalue weighted by atomic mass is 32.1. The van der Waals surface area contributed by atoms with E-state index in [9.17, 15) is 0 Å². The monoisotopic (exact) mass is 329 g/mol. The fourth-order valence-corrected chi connectivity index (χ4v) is 3.88. The number of nitrogens with one attached hydrogen (secondary N) is 1. The first-order valence-electron chi connectivity index (χ1n) is 7.91. The summed E-state index contributed by atoms with van der Waals surface area (Å²) >= 11 is 1.64. The molecule has 0 saturated carbocycles. The van der Waals surface area contributed by atoms with Crippen LogP contribution in [0.1, 0.15) is 41.7 Å². The maximum absolute atomic E-state index is 5.19. The zero-order valence-corrected chi connectivity index (χ0v) is 13.8. The Morgan fingerprint density at radius 2 is 2.13 bits per heavy atom. The first-order chi connectivity index (χ1) is 11.3. The molecule has 0 bridgehead atoms. The first kappa shape index (κ1) is 14.6. The number of piperidine rings is 1. The van der Waals surface area contributed by atoms with Gasteiger partial charge in [0.1, 0.15) is 10.8 Å². The van der Waals surface area contributed by atoms with Crippen molar-refractivity contribution in [2.45, 2.75) is 31.7 Å². The Hall–Kier alpha value is -1.99. The Morgan fingerprint density at radius 1 is 1.26 bits per heavy atom. The quantitative estimate of drug-likeness (QED) is 0.797. The number of fused-ring (bicyclic) bond motifs is 1. The van der Waals surface area contributed by atoms with Gasteiger partial charge in [-0.1, -0.05) is 29.9 Å². The summed E-state index contributed by atoms with van der Waals surface area (Å²) < 4.78 is 7.08. The van der Waals surface area contributed by atoms with Gasteiger partial charge >= 0.3 is 0 Å². The highest BCUT2D eigenvalue weighted by molar-refractivity contribution is 7.16. The van der Waals surface area contributed by atoms with Crippen LogP contribution in [-0.2, 0) is 6.42 Å². The number of benzene rings is 1. The third-order valence-electron chi connectivity index (χ3n) is 4.20. The second-order valence-corrected chi connectivity index (χ2v) is 6.77. The van der Waals surface area contributed by atoms with Crippen molar-refractivity contribution >= 4 is 16.3 Å². The van der Waals surface area contributed by atoms with Gasteiger partial charge in [-0.25, -0.2) is 0 Å². The Kier molecular flexibility index (Phi) is 3.97. The average Bonchev–Trinajstić information content (AvgIpc) is 3.18. The fraction of sp³-hybridized carbons (Fsp3) is 0.438. The number of rotatable bonds is 4. The van der Waals surface area contributed by atoms with Gasteiger partial charge in [0, 0.05) is 6.42 Å². The summed E-state index contributed by atoms with van der Waals surface area (Å²) in [7, 11) is 1.67. The van der Waals surface area contributed by atoms with Gasteiger partial charge in [-0.3, -0.25) is 0 Å². The third kappa shape index (κ3) is 2.94.